The Labute approximate surface area is 101 Å². The summed E-state index contributed by atoms with van der Waals surface area (Å²) in [4.78, 5) is 0. The zero-order chi connectivity index (χ0) is 10.2. The van der Waals surface area contributed by atoms with Gasteiger partial charge in [0.05, 0.1) is 0 Å². The first-order valence-corrected chi connectivity index (χ1v) is 7.42. The van der Waals surface area contributed by atoms with Crippen LogP contribution in [-0.4, -0.2) is 15.0 Å². The number of unbranched alkanes of at least 4 members (excludes halogenated alkanes) is 2. The van der Waals surface area contributed by atoms with E-state index >= 15 is 0 Å². The molecule has 0 atom stereocenters. The molecule has 0 aliphatic heterocycles. The molecule has 0 amide bonds. The number of hydrogen-bond acceptors (Lipinski definition) is 0. The Morgan fingerprint density at radius 1 is 1.36 bits per heavy atom. The molecule has 0 bridgehead atoms. The van der Waals surface area contributed by atoms with Crippen molar-refractivity contribution in [1.29, 1.82) is 0 Å². The van der Waals surface area contributed by atoms with Crippen molar-refractivity contribution in [2.45, 2.75) is 26.2 Å². The fraction of sp³-hybridized carbons (Fsp3) is 0.333. The summed E-state index contributed by atoms with van der Waals surface area (Å²) in [5, 5.41) is 0. The molecule has 0 heterocycles. The average Bonchev–Trinajstić information content (AvgIpc) is 2.20. The molecule has 1 aromatic rings. The van der Waals surface area contributed by atoms with Gasteiger partial charge in [-0.2, -0.15) is 0 Å². The second-order valence-electron chi connectivity index (χ2n) is 3.07. The van der Waals surface area contributed by atoms with Gasteiger partial charge < -0.3 is 0 Å². The molecule has 2 heteroatoms. The van der Waals surface area contributed by atoms with E-state index in [0.29, 0.717) is 15.0 Å². The summed E-state index contributed by atoms with van der Waals surface area (Å²) < 4.78 is 2.80. The quantitative estimate of drug-likeness (QED) is 0.576. The zero-order valence-corrected chi connectivity index (χ0v) is 11.7. The van der Waals surface area contributed by atoms with Gasteiger partial charge in [-0.15, -0.1) is 0 Å². The second kappa shape index (κ2) is 7.28. The van der Waals surface area contributed by atoms with E-state index in [2.05, 4.69) is 59.3 Å². The third-order valence-electron chi connectivity index (χ3n) is 1.82. The number of rotatable bonds is 5. The predicted octanol–water partition coefficient (Wildman–Crippen LogP) is 3.44. The van der Waals surface area contributed by atoms with E-state index in [1.165, 1.54) is 27.1 Å². The first-order valence-electron chi connectivity index (χ1n) is 4.91. The van der Waals surface area contributed by atoms with Crippen molar-refractivity contribution >= 4 is 35.3 Å². The van der Waals surface area contributed by atoms with Gasteiger partial charge in [-0.3, -0.25) is 0 Å². The molecule has 0 fully saturated rings. The predicted molar refractivity (Wildman–Crippen MR) is 68.4 cm³/mol. The van der Waals surface area contributed by atoms with Gasteiger partial charge >= 0.3 is 101 Å². The summed E-state index contributed by atoms with van der Waals surface area (Å²) in [5.41, 5.74) is 0. The molecule has 0 saturated heterocycles. The van der Waals surface area contributed by atoms with Gasteiger partial charge in [0, 0.05) is 0 Å². The molecule has 1 aromatic carbocycles. The summed E-state index contributed by atoms with van der Waals surface area (Å²) in [6.07, 6.45) is 6.08. The first-order chi connectivity index (χ1) is 6.83. The van der Waals surface area contributed by atoms with Crippen molar-refractivity contribution in [2.24, 2.45) is 0 Å². The number of allylic oxidation sites excluding steroid dienone is 1. The van der Waals surface area contributed by atoms with E-state index in [9.17, 15) is 0 Å². The van der Waals surface area contributed by atoms with Crippen LogP contribution in [-0.2, 0) is 0 Å². The minimum atomic E-state index is 0.453. The van der Waals surface area contributed by atoms with Crippen molar-refractivity contribution in [1.82, 2.24) is 0 Å². The van der Waals surface area contributed by atoms with Gasteiger partial charge in [0.1, 0.15) is 0 Å². The van der Waals surface area contributed by atoms with Crippen molar-refractivity contribution in [3.05, 3.63) is 39.8 Å². The monoisotopic (exact) mass is 318 g/mol. The summed E-state index contributed by atoms with van der Waals surface area (Å²) in [7, 11) is 0. The van der Waals surface area contributed by atoms with Crippen LogP contribution >= 0.6 is 15.9 Å². The fourth-order valence-electron chi connectivity index (χ4n) is 1.06. The van der Waals surface area contributed by atoms with Crippen LogP contribution in [0.4, 0.5) is 0 Å². The molecule has 0 aromatic heterocycles. The average molecular weight is 318 g/mol. The van der Waals surface area contributed by atoms with Gasteiger partial charge in [0.2, 0.25) is 0 Å². The van der Waals surface area contributed by atoms with E-state index in [1.54, 1.807) is 0 Å². The maximum atomic E-state index is 3.63. The molecule has 0 radical (unpaired) electrons. The topological polar surface area (TPSA) is 0 Å². The maximum absolute atomic E-state index is 3.63. The normalized spacial score (nSPS) is 11.7. The Kier molecular flexibility index (Phi) is 6.25. The minimum absolute atomic E-state index is 0.453. The Morgan fingerprint density at radius 3 is 2.71 bits per heavy atom. The van der Waals surface area contributed by atoms with Gasteiger partial charge in [-0.05, 0) is 0 Å². The van der Waals surface area contributed by atoms with Crippen LogP contribution in [0.1, 0.15) is 26.2 Å². The molecule has 14 heavy (non-hydrogen) atoms. The van der Waals surface area contributed by atoms with E-state index in [1.807, 2.05) is 0 Å². The molecule has 76 valence electrons. The molecule has 1 rings (SSSR count). The molecule has 0 saturated carbocycles. The van der Waals surface area contributed by atoms with Gasteiger partial charge in [-0.1, -0.05) is 0 Å². The van der Waals surface area contributed by atoms with E-state index in [4.69, 9.17) is 0 Å². The SMILES string of the molecule is CCCC/C=C(/Br)[Se]c1ccccc1. The van der Waals surface area contributed by atoms with Crippen LogP contribution in [0, 0.1) is 0 Å². The van der Waals surface area contributed by atoms with Crippen LogP contribution < -0.4 is 4.46 Å². The van der Waals surface area contributed by atoms with Crippen molar-refractivity contribution in [3.63, 3.8) is 0 Å². The van der Waals surface area contributed by atoms with E-state index < -0.39 is 0 Å². The molecule has 0 N–H and O–H groups in total. The molecule has 0 nitrogen and oxygen atoms in total. The Bertz CT molecular complexity index is 280. The first kappa shape index (κ1) is 12.0. The zero-order valence-electron chi connectivity index (χ0n) is 8.37. The van der Waals surface area contributed by atoms with E-state index in [-0.39, 0.29) is 0 Å². The van der Waals surface area contributed by atoms with Gasteiger partial charge in [0.25, 0.3) is 0 Å². The molecular formula is C12H15BrSe. The second-order valence-corrected chi connectivity index (χ2v) is 7.44. The molecule has 0 spiro atoms. The van der Waals surface area contributed by atoms with Crippen LogP contribution in [0.25, 0.3) is 0 Å². The van der Waals surface area contributed by atoms with Crippen LogP contribution in [0.3, 0.4) is 0 Å². The van der Waals surface area contributed by atoms with Crippen LogP contribution in [0.15, 0.2) is 39.8 Å². The number of halogens is 1. The summed E-state index contributed by atoms with van der Waals surface area (Å²) >= 11 is 4.09. The van der Waals surface area contributed by atoms with Gasteiger partial charge in [-0.25, -0.2) is 0 Å². The summed E-state index contributed by atoms with van der Waals surface area (Å²) in [6, 6.07) is 10.6. The fourth-order valence-corrected chi connectivity index (χ4v) is 3.77. The summed E-state index contributed by atoms with van der Waals surface area (Å²) in [5.74, 6) is 0. The van der Waals surface area contributed by atoms with Crippen molar-refractivity contribution < 1.29 is 0 Å². The Balaban J connectivity index is 2.40. The summed E-state index contributed by atoms with van der Waals surface area (Å²) in [6.45, 7) is 2.23. The van der Waals surface area contributed by atoms with Gasteiger partial charge in [0.15, 0.2) is 0 Å². The number of benzene rings is 1. The van der Waals surface area contributed by atoms with E-state index in [0.717, 1.165) is 0 Å². The number of hydrogen-bond donors (Lipinski definition) is 0. The van der Waals surface area contributed by atoms with Crippen molar-refractivity contribution in [2.75, 3.05) is 0 Å². The Morgan fingerprint density at radius 2 is 2.07 bits per heavy atom. The van der Waals surface area contributed by atoms with Crippen LogP contribution in [0.2, 0.25) is 0 Å². The van der Waals surface area contributed by atoms with Crippen LogP contribution in [0.5, 0.6) is 0 Å². The van der Waals surface area contributed by atoms with Crippen molar-refractivity contribution in [3.8, 4) is 0 Å². The molecule has 0 aliphatic rings. The third kappa shape index (κ3) is 4.99. The Hall–Kier alpha value is -0.0405. The standard InChI is InChI=1S/C12H15BrSe/c1-2-3-5-10-12(13)14-11-8-6-4-7-9-11/h4,6-10H,2-3,5H2,1H3/b12-10-. The molecular weight excluding hydrogens is 303 g/mol. The third-order valence-corrected chi connectivity index (χ3v) is 4.81. The molecule has 0 aliphatic carbocycles. The molecule has 0 unspecified atom stereocenters.